The van der Waals surface area contributed by atoms with E-state index in [-0.39, 0.29) is 13.0 Å². The lowest BCUT2D eigenvalue weighted by Crippen LogP contribution is -2.25. The third-order valence-corrected chi connectivity index (χ3v) is 1.98. The zero-order valence-electron chi connectivity index (χ0n) is 6.61. The molecule has 11 heavy (non-hydrogen) atoms. The molecular formula is C6H11BF3O-. The molecule has 0 aromatic heterocycles. The van der Waals surface area contributed by atoms with Crippen molar-refractivity contribution in [1.29, 1.82) is 0 Å². The highest BCUT2D eigenvalue weighted by Gasteiger charge is 2.43. The molecule has 1 fully saturated rings. The van der Waals surface area contributed by atoms with Crippen LogP contribution in [0.3, 0.4) is 0 Å². The monoisotopic (exact) mass is 167 g/mol. The minimum atomic E-state index is -4.70. The first-order valence-electron chi connectivity index (χ1n) is 3.65. The van der Waals surface area contributed by atoms with Gasteiger partial charge in [0.05, 0.1) is 5.60 Å². The van der Waals surface area contributed by atoms with Crippen LogP contribution >= 0.6 is 0 Å². The molecule has 0 amide bonds. The van der Waals surface area contributed by atoms with E-state index in [9.17, 15) is 12.9 Å². The van der Waals surface area contributed by atoms with Crippen LogP contribution < -0.4 is 0 Å². The van der Waals surface area contributed by atoms with E-state index < -0.39 is 18.4 Å². The highest BCUT2D eigenvalue weighted by Crippen LogP contribution is 2.41. The minimum Gasteiger partial charge on any atom is -0.449 e. The SMILES string of the molecule is CC1(C)CC([B-](F)(F)F)CO1. The Bertz CT molecular complexity index is 154. The molecule has 1 aliphatic rings. The molecule has 66 valence electrons. The first-order valence-corrected chi connectivity index (χ1v) is 3.65. The summed E-state index contributed by atoms with van der Waals surface area (Å²) in [6.07, 6.45) is 0.108. The molecule has 0 bridgehead atoms. The highest BCUT2D eigenvalue weighted by molar-refractivity contribution is 6.60. The lowest BCUT2D eigenvalue weighted by Gasteiger charge is -2.21. The van der Waals surface area contributed by atoms with Crippen LogP contribution in [0, 0.1) is 0 Å². The summed E-state index contributed by atoms with van der Waals surface area (Å²) in [5.74, 6) is -1.20. The van der Waals surface area contributed by atoms with Crippen LogP contribution in [0.5, 0.6) is 0 Å². The number of hydrogen-bond acceptors (Lipinski definition) is 1. The second-order valence-corrected chi connectivity index (χ2v) is 3.66. The average molecular weight is 167 g/mol. The third-order valence-electron chi connectivity index (χ3n) is 1.98. The Kier molecular flexibility index (Phi) is 1.95. The van der Waals surface area contributed by atoms with Crippen LogP contribution in [0.4, 0.5) is 12.9 Å². The average Bonchev–Trinajstić information content (AvgIpc) is 2.07. The summed E-state index contributed by atoms with van der Waals surface area (Å²) < 4.78 is 41.2. The Morgan fingerprint density at radius 1 is 1.36 bits per heavy atom. The van der Waals surface area contributed by atoms with Gasteiger partial charge in [0.15, 0.2) is 0 Å². The van der Waals surface area contributed by atoms with E-state index in [0.29, 0.717) is 0 Å². The quantitative estimate of drug-likeness (QED) is 0.544. The van der Waals surface area contributed by atoms with Crippen molar-refractivity contribution in [3.63, 3.8) is 0 Å². The van der Waals surface area contributed by atoms with E-state index in [1.165, 1.54) is 0 Å². The molecule has 0 aromatic rings. The second-order valence-electron chi connectivity index (χ2n) is 3.66. The Morgan fingerprint density at radius 2 is 1.91 bits per heavy atom. The fourth-order valence-electron chi connectivity index (χ4n) is 1.32. The zero-order valence-corrected chi connectivity index (χ0v) is 6.61. The van der Waals surface area contributed by atoms with Gasteiger partial charge >= 0.3 is 6.98 Å². The first-order chi connectivity index (χ1) is 4.81. The Hall–Kier alpha value is -0.185. The van der Waals surface area contributed by atoms with Gasteiger partial charge in [0.25, 0.3) is 0 Å². The van der Waals surface area contributed by atoms with Crippen molar-refractivity contribution >= 4 is 6.98 Å². The smallest absolute Gasteiger partial charge is 0.449 e. The summed E-state index contributed by atoms with van der Waals surface area (Å²) in [6.45, 7) is -1.47. The Labute approximate surface area is 64.0 Å². The fraction of sp³-hybridized carbons (Fsp3) is 1.00. The lowest BCUT2D eigenvalue weighted by atomic mass is 9.70. The summed E-state index contributed by atoms with van der Waals surface area (Å²) >= 11 is 0. The molecule has 1 atom stereocenters. The van der Waals surface area contributed by atoms with E-state index in [2.05, 4.69) is 0 Å². The van der Waals surface area contributed by atoms with Crippen LogP contribution in [-0.4, -0.2) is 19.2 Å². The summed E-state index contributed by atoms with van der Waals surface area (Å²) in [5.41, 5.74) is -0.581. The summed E-state index contributed by atoms with van der Waals surface area (Å²) in [6, 6.07) is 0. The van der Waals surface area contributed by atoms with Gasteiger partial charge in [-0.05, 0) is 26.1 Å². The molecule has 1 unspecified atom stereocenters. The molecule has 0 spiro atoms. The minimum absolute atomic E-state index is 0.108. The highest BCUT2D eigenvalue weighted by atomic mass is 19.4. The standard InChI is InChI=1S/C6H11BF3O/c1-6(2)3-5(4-11-6)7(8,9)10/h5H,3-4H2,1-2H3/q-1. The van der Waals surface area contributed by atoms with Gasteiger partial charge in [-0.25, -0.2) is 0 Å². The summed E-state index contributed by atoms with van der Waals surface area (Å²) in [4.78, 5) is 0. The predicted octanol–water partition coefficient (Wildman–Crippen LogP) is 2.40. The van der Waals surface area contributed by atoms with Crippen molar-refractivity contribution in [2.45, 2.75) is 31.7 Å². The summed E-state index contributed by atoms with van der Waals surface area (Å²) in [5, 5.41) is 0. The van der Waals surface area contributed by atoms with E-state index in [4.69, 9.17) is 4.74 Å². The van der Waals surface area contributed by atoms with Gasteiger partial charge in [-0.3, -0.25) is 0 Å². The molecule has 0 N–H and O–H groups in total. The largest absolute Gasteiger partial charge is 0.483 e. The van der Waals surface area contributed by atoms with E-state index in [1.807, 2.05) is 0 Å². The van der Waals surface area contributed by atoms with Crippen LogP contribution in [0.2, 0.25) is 5.82 Å². The van der Waals surface area contributed by atoms with Crippen molar-refractivity contribution in [2.75, 3.05) is 6.61 Å². The van der Waals surface area contributed by atoms with Crippen LogP contribution in [0.25, 0.3) is 0 Å². The van der Waals surface area contributed by atoms with E-state index in [0.717, 1.165) is 0 Å². The van der Waals surface area contributed by atoms with E-state index >= 15 is 0 Å². The maximum Gasteiger partial charge on any atom is 0.483 e. The number of hydrogen-bond donors (Lipinski definition) is 0. The van der Waals surface area contributed by atoms with Crippen molar-refractivity contribution in [2.24, 2.45) is 0 Å². The molecule has 0 radical (unpaired) electrons. The third kappa shape index (κ3) is 2.12. The number of rotatable bonds is 1. The Balaban J connectivity index is 2.55. The molecule has 5 heteroatoms. The topological polar surface area (TPSA) is 9.23 Å². The van der Waals surface area contributed by atoms with Crippen LogP contribution in [0.1, 0.15) is 20.3 Å². The number of ether oxygens (including phenoxy) is 1. The van der Waals surface area contributed by atoms with Crippen molar-refractivity contribution in [3.8, 4) is 0 Å². The van der Waals surface area contributed by atoms with Crippen LogP contribution in [-0.2, 0) is 4.74 Å². The summed E-state index contributed by atoms with van der Waals surface area (Å²) in [7, 11) is 0. The van der Waals surface area contributed by atoms with Gasteiger partial charge in [0.2, 0.25) is 0 Å². The van der Waals surface area contributed by atoms with Gasteiger partial charge < -0.3 is 17.7 Å². The molecule has 0 aromatic carbocycles. The molecule has 1 heterocycles. The molecule has 1 saturated heterocycles. The molecular weight excluding hydrogens is 156 g/mol. The van der Waals surface area contributed by atoms with Gasteiger partial charge in [-0.1, -0.05) is 0 Å². The van der Waals surface area contributed by atoms with Crippen molar-refractivity contribution in [3.05, 3.63) is 0 Å². The molecule has 0 saturated carbocycles. The van der Waals surface area contributed by atoms with Crippen molar-refractivity contribution in [1.82, 2.24) is 0 Å². The maximum atomic E-state index is 12.1. The maximum absolute atomic E-state index is 12.1. The molecule has 1 nitrogen and oxygen atoms in total. The van der Waals surface area contributed by atoms with Gasteiger partial charge in [-0.15, -0.1) is 0 Å². The normalized spacial score (nSPS) is 30.8. The molecule has 1 rings (SSSR count). The van der Waals surface area contributed by atoms with E-state index in [1.54, 1.807) is 13.8 Å². The second kappa shape index (κ2) is 2.40. The van der Waals surface area contributed by atoms with Gasteiger partial charge in [0, 0.05) is 6.61 Å². The first kappa shape index (κ1) is 8.91. The zero-order chi connectivity index (χ0) is 8.70. The predicted molar refractivity (Wildman–Crippen MR) is 37.5 cm³/mol. The van der Waals surface area contributed by atoms with Crippen LogP contribution in [0.15, 0.2) is 0 Å². The van der Waals surface area contributed by atoms with Gasteiger partial charge in [0.1, 0.15) is 0 Å². The number of halogens is 3. The molecule has 1 aliphatic heterocycles. The lowest BCUT2D eigenvalue weighted by molar-refractivity contribution is 0.0364. The fourth-order valence-corrected chi connectivity index (χ4v) is 1.32. The Morgan fingerprint density at radius 3 is 2.09 bits per heavy atom. The molecule has 0 aliphatic carbocycles. The van der Waals surface area contributed by atoms with Gasteiger partial charge in [-0.2, -0.15) is 0 Å². The van der Waals surface area contributed by atoms with Crippen molar-refractivity contribution < 1.29 is 17.7 Å².